The van der Waals surface area contributed by atoms with Gasteiger partial charge in [0.1, 0.15) is 15.7 Å². The summed E-state index contributed by atoms with van der Waals surface area (Å²) in [4.78, 5) is 4.48. The lowest BCUT2D eigenvalue weighted by molar-refractivity contribution is 0.262. The Morgan fingerprint density at radius 3 is 2.81 bits per heavy atom. The topological polar surface area (TPSA) is 64.0 Å². The van der Waals surface area contributed by atoms with Crippen molar-refractivity contribution in [3.63, 3.8) is 0 Å². The van der Waals surface area contributed by atoms with E-state index in [1.54, 1.807) is 0 Å². The number of hydrogen-bond donors (Lipinski definition) is 1. The maximum absolute atomic E-state index is 11.9. The number of aromatic nitrogens is 2. The van der Waals surface area contributed by atoms with Crippen LogP contribution < -0.4 is 5.32 Å². The molecule has 1 N–H and O–H groups in total. The summed E-state index contributed by atoms with van der Waals surface area (Å²) in [5.74, 6) is 1.36. The van der Waals surface area contributed by atoms with E-state index < -0.39 is 9.84 Å². The first-order chi connectivity index (χ1) is 9.93. The third kappa shape index (κ3) is 4.07. The summed E-state index contributed by atoms with van der Waals surface area (Å²) in [6, 6.07) is 0.148. The van der Waals surface area contributed by atoms with E-state index in [0.717, 1.165) is 44.5 Å². The van der Waals surface area contributed by atoms with Crippen LogP contribution in [0.1, 0.15) is 50.9 Å². The zero-order valence-electron chi connectivity index (χ0n) is 13.2. The SMILES string of the molecule is CCCNC(c1nccn1C)C1CCCC(S(C)(=O)=O)C1. The molecule has 1 fully saturated rings. The number of imidazole rings is 1. The summed E-state index contributed by atoms with van der Waals surface area (Å²) in [6.45, 7) is 3.07. The molecule has 2 rings (SSSR count). The number of hydrogen-bond acceptors (Lipinski definition) is 4. The Morgan fingerprint density at radius 1 is 1.48 bits per heavy atom. The first-order valence-electron chi connectivity index (χ1n) is 7.83. The zero-order valence-corrected chi connectivity index (χ0v) is 14.1. The Morgan fingerprint density at radius 2 is 2.24 bits per heavy atom. The van der Waals surface area contributed by atoms with E-state index in [1.807, 2.05) is 24.0 Å². The molecule has 1 heterocycles. The predicted molar refractivity (Wildman–Crippen MR) is 84.8 cm³/mol. The normalized spacial score (nSPS) is 24.9. The van der Waals surface area contributed by atoms with Gasteiger partial charge in [-0.1, -0.05) is 13.3 Å². The Labute approximate surface area is 128 Å². The molecule has 0 saturated heterocycles. The lowest BCUT2D eigenvalue weighted by Crippen LogP contribution is -2.37. The highest BCUT2D eigenvalue weighted by Crippen LogP contribution is 2.36. The number of aryl methyl sites for hydroxylation is 1. The molecule has 120 valence electrons. The van der Waals surface area contributed by atoms with Crippen LogP contribution in [-0.2, 0) is 16.9 Å². The average Bonchev–Trinajstić information content (AvgIpc) is 2.85. The van der Waals surface area contributed by atoms with Crippen LogP contribution in [0, 0.1) is 5.92 Å². The monoisotopic (exact) mass is 313 g/mol. The minimum atomic E-state index is -2.95. The molecular formula is C15H27N3O2S. The standard InChI is InChI=1S/C15H27N3O2S/c1-4-8-16-14(15-17-9-10-18(15)2)12-6-5-7-13(11-12)21(3,19)20/h9-10,12-14,16H,4-8,11H2,1-3H3. The van der Waals surface area contributed by atoms with Gasteiger partial charge in [-0.05, 0) is 38.1 Å². The Hall–Kier alpha value is -0.880. The van der Waals surface area contributed by atoms with Gasteiger partial charge >= 0.3 is 0 Å². The summed E-state index contributed by atoms with van der Waals surface area (Å²) in [7, 11) is -0.947. The van der Waals surface area contributed by atoms with Gasteiger partial charge < -0.3 is 9.88 Å². The molecule has 1 aromatic heterocycles. The van der Waals surface area contributed by atoms with Gasteiger partial charge in [0.2, 0.25) is 0 Å². The highest BCUT2D eigenvalue weighted by Gasteiger charge is 2.34. The van der Waals surface area contributed by atoms with Gasteiger partial charge in [0.05, 0.1) is 11.3 Å². The van der Waals surface area contributed by atoms with Crippen LogP contribution >= 0.6 is 0 Å². The summed E-state index contributed by atoms with van der Waals surface area (Å²) in [5, 5.41) is 3.38. The van der Waals surface area contributed by atoms with Gasteiger partial charge in [0, 0.05) is 25.7 Å². The number of nitrogens with zero attached hydrogens (tertiary/aromatic N) is 2. The van der Waals surface area contributed by atoms with Gasteiger partial charge in [-0.3, -0.25) is 0 Å². The van der Waals surface area contributed by atoms with Crippen molar-refractivity contribution >= 4 is 9.84 Å². The largest absolute Gasteiger partial charge is 0.337 e. The van der Waals surface area contributed by atoms with Gasteiger partial charge in [-0.2, -0.15) is 0 Å². The van der Waals surface area contributed by atoms with Crippen molar-refractivity contribution in [2.45, 2.75) is 50.3 Å². The van der Waals surface area contributed by atoms with E-state index in [1.165, 1.54) is 6.26 Å². The second-order valence-electron chi connectivity index (χ2n) is 6.21. The first kappa shape index (κ1) is 16.5. The smallest absolute Gasteiger partial charge is 0.150 e. The van der Waals surface area contributed by atoms with Crippen molar-refractivity contribution < 1.29 is 8.42 Å². The van der Waals surface area contributed by atoms with Gasteiger partial charge in [0.25, 0.3) is 0 Å². The molecule has 6 heteroatoms. The Balaban J connectivity index is 2.18. The molecule has 0 spiro atoms. The van der Waals surface area contributed by atoms with Crippen molar-refractivity contribution in [3.8, 4) is 0 Å². The molecule has 3 unspecified atom stereocenters. The fraction of sp³-hybridized carbons (Fsp3) is 0.800. The molecular weight excluding hydrogens is 286 g/mol. The zero-order chi connectivity index (χ0) is 15.5. The maximum atomic E-state index is 11.9. The highest BCUT2D eigenvalue weighted by atomic mass is 32.2. The van der Waals surface area contributed by atoms with Crippen LogP contribution in [0.3, 0.4) is 0 Å². The van der Waals surface area contributed by atoms with Crippen LogP contribution in [0.15, 0.2) is 12.4 Å². The van der Waals surface area contributed by atoms with E-state index in [2.05, 4.69) is 17.2 Å². The minimum absolute atomic E-state index is 0.148. The van der Waals surface area contributed by atoms with E-state index in [9.17, 15) is 8.42 Å². The quantitative estimate of drug-likeness (QED) is 0.873. The third-order valence-electron chi connectivity index (χ3n) is 4.49. The number of sulfone groups is 1. The molecule has 21 heavy (non-hydrogen) atoms. The lowest BCUT2D eigenvalue weighted by atomic mass is 9.83. The summed E-state index contributed by atoms with van der Waals surface area (Å²) >= 11 is 0. The van der Waals surface area contributed by atoms with Crippen molar-refractivity contribution in [1.29, 1.82) is 0 Å². The molecule has 5 nitrogen and oxygen atoms in total. The molecule has 0 amide bonds. The maximum Gasteiger partial charge on any atom is 0.150 e. The molecule has 0 radical (unpaired) electrons. The second-order valence-corrected chi connectivity index (χ2v) is 8.53. The molecule has 1 saturated carbocycles. The molecule has 1 aliphatic rings. The Bertz CT molecular complexity index is 553. The van der Waals surface area contributed by atoms with Crippen LogP contribution in [0.2, 0.25) is 0 Å². The average molecular weight is 313 g/mol. The molecule has 0 bridgehead atoms. The third-order valence-corrected chi connectivity index (χ3v) is 6.13. The Kier molecular flexibility index (Phi) is 5.43. The first-order valence-corrected chi connectivity index (χ1v) is 9.78. The van der Waals surface area contributed by atoms with E-state index >= 15 is 0 Å². The summed E-state index contributed by atoms with van der Waals surface area (Å²) < 4.78 is 25.8. The van der Waals surface area contributed by atoms with Crippen molar-refractivity contribution in [2.75, 3.05) is 12.8 Å². The second kappa shape index (κ2) is 6.92. The van der Waals surface area contributed by atoms with E-state index in [0.29, 0.717) is 5.92 Å². The van der Waals surface area contributed by atoms with Gasteiger partial charge in [0.15, 0.2) is 0 Å². The number of rotatable bonds is 6. The van der Waals surface area contributed by atoms with Gasteiger partial charge in [-0.25, -0.2) is 13.4 Å². The summed E-state index contributed by atoms with van der Waals surface area (Å²) in [6.07, 6.45) is 9.79. The fourth-order valence-electron chi connectivity index (χ4n) is 3.32. The van der Waals surface area contributed by atoms with Crippen LogP contribution in [-0.4, -0.2) is 36.0 Å². The summed E-state index contributed by atoms with van der Waals surface area (Å²) in [5.41, 5.74) is 0. The van der Waals surface area contributed by atoms with Crippen molar-refractivity contribution in [3.05, 3.63) is 18.2 Å². The van der Waals surface area contributed by atoms with Gasteiger partial charge in [-0.15, -0.1) is 0 Å². The van der Waals surface area contributed by atoms with Crippen LogP contribution in [0.4, 0.5) is 0 Å². The fourth-order valence-corrected chi connectivity index (χ4v) is 4.51. The molecule has 1 aromatic rings. The van der Waals surface area contributed by atoms with E-state index in [4.69, 9.17) is 0 Å². The minimum Gasteiger partial charge on any atom is -0.337 e. The molecule has 1 aliphatic carbocycles. The van der Waals surface area contributed by atoms with Crippen molar-refractivity contribution in [1.82, 2.24) is 14.9 Å². The lowest BCUT2D eigenvalue weighted by Gasteiger charge is -2.34. The van der Waals surface area contributed by atoms with Crippen molar-refractivity contribution in [2.24, 2.45) is 13.0 Å². The van der Waals surface area contributed by atoms with Crippen LogP contribution in [0.5, 0.6) is 0 Å². The predicted octanol–water partition coefficient (Wildman–Crippen LogP) is 2.06. The van der Waals surface area contributed by atoms with Crippen LogP contribution in [0.25, 0.3) is 0 Å². The molecule has 0 aromatic carbocycles. The highest BCUT2D eigenvalue weighted by molar-refractivity contribution is 7.91. The molecule has 3 atom stereocenters. The number of nitrogens with one attached hydrogen (secondary N) is 1. The molecule has 0 aliphatic heterocycles. The van der Waals surface area contributed by atoms with E-state index in [-0.39, 0.29) is 11.3 Å².